The first-order chi connectivity index (χ1) is 7.89. The van der Waals surface area contributed by atoms with E-state index >= 15 is 0 Å². The van der Waals surface area contributed by atoms with Crippen LogP contribution >= 0.6 is 28.3 Å². The van der Waals surface area contributed by atoms with Gasteiger partial charge in [0, 0.05) is 6.20 Å². The summed E-state index contributed by atoms with van der Waals surface area (Å²) in [7, 11) is 0. The summed E-state index contributed by atoms with van der Waals surface area (Å²) in [4.78, 5) is 14.9. The minimum atomic E-state index is -3.77. The van der Waals surface area contributed by atoms with E-state index in [1.807, 2.05) is 0 Å². The number of carbonyl (C=O) groups is 1. The van der Waals surface area contributed by atoms with Crippen molar-refractivity contribution in [3.05, 3.63) is 28.5 Å². The lowest BCUT2D eigenvalue weighted by Gasteiger charge is -2.21. The Kier molecular flexibility index (Phi) is 6.66. The molecule has 2 N–H and O–H groups in total. The van der Waals surface area contributed by atoms with Crippen LogP contribution in [0, 0.1) is 0 Å². The molecule has 0 spiro atoms. The third kappa shape index (κ3) is 3.86. The van der Waals surface area contributed by atoms with E-state index in [1.165, 1.54) is 25.3 Å². The van der Waals surface area contributed by atoms with E-state index in [2.05, 4.69) is 25.7 Å². The van der Waals surface area contributed by atoms with Crippen LogP contribution in [0.5, 0.6) is 0 Å². The van der Waals surface area contributed by atoms with Gasteiger partial charge in [-0.25, -0.2) is 9.78 Å². The zero-order valence-electron chi connectivity index (χ0n) is 9.40. The molecule has 102 valence electrons. The number of aromatic nitrogens is 1. The fourth-order valence-corrected chi connectivity index (χ4v) is 1.56. The molecule has 8 heteroatoms. The van der Waals surface area contributed by atoms with Crippen LogP contribution in [0.1, 0.15) is 18.5 Å². The van der Waals surface area contributed by atoms with Crippen molar-refractivity contribution >= 4 is 34.3 Å². The summed E-state index contributed by atoms with van der Waals surface area (Å²) in [5, 5.41) is 0. The van der Waals surface area contributed by atoms with Crippen molar-refractivity contribution in [3.63, 3.8) is 0 Å². The number of halogens is 4. The number of rotatable bonds is 4. The van der Waals surface area contributed by atoms with Gasteiger partial charge in [-0.1, -0.05) is 0 Å². The molecule has 0 amide bonds. The van der Waals surface area contributed by atoms with Gasteiger partial charge in [0.25, 0.3) is 0 Å². The van der Waals surface area contributed by atoms with E-state index < -0.39 is 17.9 Å². The monoisotopic (exact) mass is 344 g/mol. The van der Waals surface area contributed by atoms with Crippen LogP contribution in [0.4, 0.5) is 8.78 Å². The number of nitrogens with zero attached hydrogens (tertiary/aromatic N) is 1. The Hall–Kier alpha value is -0.790. The zero-order chi connectivity index (χ0) is 13.1. The first kappa shape index (κ1) is 17.2. The van der Waals surface area contributed by atoms with E-state index in [9.17, 15) is 13.6 Å². The minimum Gasteiger partial charge on any atom is -0.462 e. The van der Waals surface area contributed by atoms with E-state index in [0.29, 0.717) is 4.60 Å². The van der Waals surface area contributed by atoms with Crippen LogP contribution in [0.3, 0.4) is 0 Å². The topological polar surface area (TPSA) is 65.2 Å². The highest BCUT2D eigenvalue weighted by atomic mass is 79.9. The third-order valence-electron chi connectivity index (χ3n) is 2.05. The van der Waals surface area contributed by atoms with Gasteiger partial charge >= 0.3 is 11.9 Å². The fourth-order valence-electron chi connectivity index (χ4n) is 1.17. The molecule has 0 saturated heterocycles. The Morgan fingerprint density at radius 2 is 2.28 bits per heavy atom. The second-order valence-corrected chi connectivity index (χ2v) is 4.05. The number of pyridine rings is 1. The third-order valence-corrected chi connectivity index (χ3v) is 2.48. The summed E-state index contributed by atoms with van der Waals surface area (Å²) in [6.45, 7) is 1.32. The maximum Gasteiger partial charge on any atom is 0.379 e. The molecule has 0 radical (unpaired) electrons. The Labute approximate surface area is 117 Å². The lowest BCUT2D eigenvalue weighted by atomic mass is 10.0. The molecule has 0 aliphatic carbocycles. The van der Waals surface area contributed by atoms with Gasteiger partial charge in [0.05, 0.1) is 6.61 Å². The van der Waals surface area contributed by atoms with Gasteiger partial charge in [-0.2, -0.15) is 8.78 Å². The molecule has 1 aromatic heterocycles. The second kappa shape index (κ2) is 6.96. The summed E-state index contributed by atoms with van der Waals surface area (Å²) in [6, 6.07) is 0.890. The summed E-state index contributed by atoms with van der Waals surface area (Å²) in [5.41, 5.74) is 5.48. The van der Waals surface area contributed by atoms with Crippen LogP contribution in [0.2, 0.25) is 0 Å². The van der Waals surface area contributed by atoms with E-state index in [1.54, 1.807) is 0 Å². The van der Waals surface area contributed by atoms with Crippen molar-refractivity contribution in [3.8, 4) is 0 Å². The summed E-state index contributed by atoms with van der Waals surface area (Å²) in [5.74, 6) is -5.39. The molecular weight excluding hydrogens is 333 g/mol. The van der Waals surface area contributed by atoms with Crippen molar-refractivity contribution in [1.29, 1.82) is 0 Å². The number of hydrogen-bond acceptors (Lipinski definition) is 4. The number of nitrogens with two attached hydrogens (primary N) is 1. The number of ether oxygens (including phenoxy) is 1. The van der Waals surface area contributed by atoms with Crippen LogP contribution in [-0.4, -0.2) is 23.5 Å². The largest absolute Gasteiger partial charge is 0.462 e. The molecule has 1 rings (SSSR count). The molecule has 0 unspecified atom stereocenters. The predicted molar refractivity (Wildman–Crippen MR) is 67.7 cm³/mol. The molecule has 1 atom stereocenters. The lowest BCUT2D eigenvalue weighted by molar-refractivity contribution is -0.174. The van der Waals surface area contributed by atoms with Crippen molar-refractivity contribution < 1.29 is 18.3 Å². The lowest BCUT2D eigenvalue weighted by Crippen LogP contribution is -2.41. The molecule has 0 aliphatic heterocycles. The predicted octanol–water partition coefficient (Wildman–Crippen LogP) is 2.46. The van der Waals surface area contributed by atoms with Gasteiger partial charge < -0.3 is 10.5 Å². The van der Waals surface area contributed by atoms with Gasteiger partial charge in [-0.15, -0.1) is 12.4 Å². The molecule has 0 bridgehead atoms. The van der Waals surface area contributed by atoms with Crippen LogP contribution in [0.15, 0.2) is 22.9 Å². The summed E-state index contributed by atoms with van der Waals surface area (Å²) in [6.07, 6.45) is 1.32. The van der Waals surface area contributed by atoms with Crippen LogP contribution in [-0.2, 0) is 9.53 Å². The molecule has 4 nitrogen and oxygen atoms in total. The van der Waals surface area contributed by atoms with Gasteiger partial charge in [0.2, 0.25) is 0 Å². The minimum absolute atomic E-state index is 0. The van der Waals surface area contributed by atoms with E-state index in [-0.39, 0.29) is 24.6 Å². The molecule has 1 heterocycles. The van der Waals surface area contributed by atoms with Crippen molar-refractivity contribution in [1.82, 2.24) is 4.98 Å². The maximum atomic E-state index is 13.6. The molecule has 0 aliphatic rings. The number of carbonyl (C=O) groups excluding carboxylic acids is 1. The Morgan fingerprint density at radius 1 is 1.67 bits per heavy atom. The van der Waals surface area contributed by atoms with Gasteiger partial charge in [0.1, 0.15) is 10.6 Å². The molecule has 0 saturated carbocycles. The van der Waals surface area contributed by atoms with Crippen molar-refractivity contribution in [2.24, 2.45) is 5.73 Å². The normalized spacial score (nSPS) is 12.5. The quantitative estimate of drug-likeness (QED) is 0.672. The van der Waals surface area contributed by atoms with Crippen molar-refractivity contribution in [2.75, 3.05) is 6.61 Å². The van der Waals surface area contributed by atoms with Crippen LogP contribution < -0.4 is 5.73 Å². The first-order valence-electron chi connectivity index (χ1n) is 4.81. The van der Waals surface area contributed by atoms with E-state index in [4.69, 9.17) is 5.73 Å². The highest BCUT2D eigenvalue weighted by molar-refractivity contribution is 9.10. The smallest absolute Gasteiger partial charge is 0.379 e. The van der Waals surface area contributed by atoms with Gasteiger partial charge in [0.15, 0.2) is 0 Å². The van der Waals surface area contributed by atoms with E-state index in [0.717, 1.165) is 0 Å². The maximum absolute atomic E-state index is 13.6. The Morgan fingerprint density at radius 3 is 2.78 bits per heavy atom. The standard InChI is InChI=1S/C10H11BrF2N2O2.ClH/c1-2-17-9(16)10(12,13)8(14)6-3-4-15-7(11)5-6;/h3-5,8H,2,14H2,1H3;1H/t8-;/m1./s1. The first-order valence-corrected chi connectivity index (χ1v) is 5.61. The Bertz CT molecular complexity index is 421. The highest BCUT2D eigenvalue weighted by Crippen LogP contribution is 2.31. The average Bonchev–Trinajstić information content (AvgIpc) is 2.28. The second-order valence-electron chi connectivity index (χ2n) is 3.23. The highest BCUT2D eigenvalue weighted by Gasteiger charge is 2.47. The molecule has 18 heavy (non-hydrogen) atoms. The average molecular weight is 346 g/mol. The van der Waals surface area contributed by atoms with Gasteiger partial charge in [-0.05, 0) is 40.5 Å². The van der Waals surface area contributed by atoms with Crippen molar-refractivity contribution in [2.45, 2.75) is 18.9 Å². The summed E-state index contributed by atoms with van der Waals surface area (Å²) < 4.78 is 31.8. The number of alkyl halides is 2. The molecular formula is C10H12BrClF2N2O2. The zero-order valence-corrected chi connectivity index (χ0v) is 11.8. The fraction of sp³-hybridized carbons (Fsp3) is 0.400. The van der Waals surface area contributed by atoms with Gasteiger partial charge in [-0.3, -0.25) is 0 Å². The molecule has 0 aromatic carbocycles. The number of hydrogen-bond donors (Lipinski definition) is 1. The SMILES string of the molecule is CCOC(=O)C(F)(F)[C@H](N)c1ccnc(Br)c1.Cl. The molecule has 0 fully saturated rings. The summed E-state index contributed by atoms with van der Waals surface area (Å²) >= 11 is 3.04. The van der Waals surface area contributed by atoms with Crippen LogP contribution in [0.25, 0.3) is 0 Å². The Balaban J connectivity index is 0.00000289. The number of esters is 1. The molecule has 1 aromatic rings.